The molecule has 7 heteroatoms. The molecular formula is C16H12BF2O4. The molecule has 23 heavy (non-hydrogen) atoms. The third-order valence-electron chi connectivity index (χ3n) is 3.03. The number of ketones is 2. The molecule has 0 aliphatic heterocycles. The zero-order valence-electron chi connectivity index (χ0n) is 12.4. The van der Waals surface area contributed by atoms with Gasteiger partial charge in [-0.1, -0.05) is 0 Å². The van der Waals surface area contributed by atoms with Crippen LogP contribution in [-0.4, -0.2) is 19.3 Å². The van der Waals surface area contributed by atoms with E-state index in [9.17, 15) is 18.4 Å². The summed E-state index contributed by atoms with van der Waals surface area (Å²) >= 11 is 0. The molecule has 0 N–H and O–H groups in total. The van der Waals surface area contributed by atoms with Gasteiger partial charge in [0.1, 0.15) is 11.5 Å². The summed E-state index contributed by atoms with van der Waals surface area (Å²) < 4.78 is 37.1. The van der Waals surface area contributed by atoms with Crippen LogP contribution in [0.5, 0.6) is 11.5 Å². The summed E-state index contributed by atoms with van der Waals surface area (Å²) in [4.78, 5) is 22.5. The van der Waals surface area contributed by atoms with Crippen molar-refractivity contribution in [2.45, 2.75) is 13.8 Å². The summed E-state index contributed by atoms with van der Waals surface area (Å²) in [5, 5.41) is 0. The normalized spacial score (nSPS) is 10.1. The van der Waals surface area contributed by atoms with E-state index in [0.29, 0.717) is 0 Å². The van der Waals surface area contributed by atoms with E-state index in [1.54, 1.807) is 0 Å². The molecule has 0 atom stereocenters. The molecule has 0 heterocycles. The van der Waals surface area contributed by atoms with Gasteiger partial charge >= 0.3 is 7.69 Å². The van der Waals surface area contributed by atoms with Gasteiger partial charge in [-0.15, -0.1) is 0 Å². The van der Waals surface area contributed by atoms with Crippen LogP contribution in [0.2, 0.25) is 0 Å². The maximum Gasteiger partial charge on any atom is 0.658 e. The van der Waals surface area contributed by atoms with Crippen molar-refractivity contribution in [3.05, 3.63) is 59.2 Å². The van der Waals surface area contributed by atoms with Crippen LogP contribution < -0.4 is 9.31 Å². The zero-order chi connectivity index (χ0) is 17.0. The van der Waals surface area contributed by atoms with Crippen molar-refractivity contribution in [2.24, 2.45) is 0 Å². The number of carbonyl (C=O) groups is 2. The van der Waals surface area contributed by atoms with E-state index in [4.69, 9.17) is 9.31 Å². The summed E-state index contributed by atoms with van der Waals surface area (Å²) in [6, 6.07) is 7.22. The smallest absolute Gasteiger partial charge is 0.524 e. The fourth-order valence-corrected chi connectivity index (χ4v) is 1.75. The lowest BCUT2D eigenvalue weighted by Crippen LogP contribution is -2.13. The van der Waals surface area contributed by atoms with Gasteiger partial charge in [-0.2, -0.15) is 0 Å². The molecule has 0 bridgehead atoms. The van der Waals surface area contributed by atoms with Crippen molar-refractivity contribution in [3.63, 3.8) is 0 Å². The lowest BCUT2D eigenvalue weighted by molar-refractivity contribution is 0.100. The van der Waals surface area contributed by atoms with Crippen molar-refractivity contribution >= 4 is 19.3 Å². The summed E-state index contributed by atoms with van der Waals surface area (Å²) in [6.07, 6.45) is 0. The highest BCUT2D eigenvalue weighted by Gasteiger charge is 2.13. The van der Waals surface area contributed by atoms with Gasteiger partial charge < -0.3 is 9.31 Å². The Morgan fingerprint density at radius 2 is 1.22 bits per heavy atom. The molecule has 2 aromatic rings. The van der Waals surface area contributed by atoms with Gasteiger partial charge in [0.2, 0.25) is 0 Å². The SMILES string of the molecule is CC(=O)c1ccc(F)c(O[B]Oc2cc(C(C)=O)ccc2F)c1. The Morgan fingerprint density at radius 3 is 1.57 bits per heavy atom. The summed E-state index contributed by atoms with van der Waals surface area (Å²) in [5.41, 5.74) is 0.527. The molecule has 0 aliphatic rings. The summed E-state index contributed by atoms with van der Waals surface area (Å²) in [6.45, 7) is 2.67. The molecule has 0 aromatic heterocycles. The van der Waals surface area contributed by atoms with Crippen LogP contribution in [0.15, 0.2) is 36.4 Å². The second kappa shape index (κ2) is 7.04. The molecule has 0 saturated heterocycles. The Balaban J connectivity index is 2.08. The minimum atomic E-state index is -0.701. The zero-order valence-corrected chi connectivity index (χ0v) is 12.4. The quantitative estimate of drug-likeness (QED) is 0.605. The van der Waals surface area contributed by atoms with Crippen molar-refractivity contribution in [3.8, 4) is 11.5 Å². The van der Waals surface area contributed by atoms with Gasteiger partial charge in [-0.05, 0) is 50.2 Å². The van der Waals surface area contributed by atoms with Crippen molar-refractivity contribution in [2.75, 3.05) is 0 Å². The first-order valence-corrected chi connectivity index (χ1v) is 6.64. The number of carbonyl (C=O) groups excluding carboxylic acids is 2. The number of rotatable bonds is 6. The van der Waals surface area contributed by atoms with Gasteiger partial charge in [0, 0.05) is 11.1 Å². The lowest BCUT2D eigenvalue weighted by atomic mass is 10.1. The molecule has 2 aromatic carbocycles. The Morgan fingerprint density at radius 1 is 0.826 bits per heavy atom. The largest absolute Gasteiger partial charge is 0.658 e. The standard InChI is InChI=1S/C16H12BF2O4/c1-9(20)11-3-5-13(18)15(7-11)22-17-23-16-8-12(10(2)21)4-6-14(16)19/h3-8H,1-2H3. The highest BCUT2D eigenvalue weighted by molar-refractivity contribution is 6.20. The van der Waals surface area contributed by atoms with Gasteiger partial charge in [0.05, 0.1) is 0 Å². The van der Waals surface area contributed by atoms with E-state index in [2.05, 4.69) is 0 Å². The molecule has 0 amide bonds. The third-order valence-corrected chi connectivity index (χ3v) is 3.03. The van der Waals surface area contributed by atoms with Gasteiger partial charge in [0.25, 0.3) is 0 Å². The Labute approximate surface area is 132 Å². The maximum atomic E-state index is 13.6. The first kappa shape index (κ1) is 16.7. The van der Waals surface area contributed by atoms with Crippen LogP contribution in [0.25, 0.3) is 0 Å². The summed E-state index contributed by atoms with van der Waals surface area (Å²) in [7, 11) is 0.727. The molecule has 0 spiro atoms. The van der Waals surface area contributed by atoms with Crippen molar-refractivity contribution < 1.29 is 27.7 Å². The monoisotopic (exact) mass is 317 g/mol. The first-order chi connectivity index (χ1) is 10.9. The van der Waals surface area contributed by atoms with Crippen LogP contribution >= 0.6 is 0 Å². The lowest BCUT2D eigenvalue weighted by Gasteiger charge is -2.09. The highest BCUT2D eigenvalue weighted by Crippen LogP contribution is 2.21. The molecular weight excluding hydrogens is 305 g/mol. The maximum absolute atomic E-state index is 13.6. The Bertz CT molecular complexity index is 698. The Hall–Kier alpha value is -2.70. The topological polar surface area (TPSA) is 52.6 Å². The van der Waals surface area contributed by atoms with Gasteiger partial charge in [0.15, 0.2) is 23.2 Å². The molecule has 0 fully saturated rings. The number of hydrogen-bond donors (Lipinski definition) is 0. The highest BCUT2D eigenvalue weighted by atomic mass is 19.1. The Kier molecular flexibility index (Phi) is 5.11. The van der Waals surface area contributed by atoms with Gasteiger partial charge in [-0.3, -0.25) is 9.59 Å². The van der Waals surface area contributed by atoms with Crippen molar-refractivity contribution in [1.29, 1.82) is 0 Å². The average molecular weight is 317 g/mol. The number of benzene rings is 2. The van der Waals surface area contributed by atoms with Gasteiger partial charge in [-0.25, -0.2) is 8.78 Å². The van der Waals surface area contributed by atoms with E-state index in [0.717, 1.165) is 19.8 Å². The molecule has 0 unspecified atom stereocenters. The third kappa shape index (κ3) is 4.15. The van der Waals surface area contributed by atoms with Crippen molar-refractivity contribution in [1.82, 2.24) is 0 Å². The fraction of sp³-hybridized carbons (Fsp3) is 0.125. The van der Waals surface area contributed by atoms with E-state index >= 15 is 0 Å². The van der Waals surface area contributed by atoms with E-state index in [-0.39, 0.29) is 34.2 Å². The van der Waals surface area contributed by atoms with Crippen LogP contribution in [0.3, 0.4) is 0 Å². The molecule has 0 saturated carbocycles. The molecule has 1 radical (unpaired) electrons. The summed E-state index contributed by atoms with van der Waals surface area (Å²) in [5.74, 6) is -2.38. The first-order valence-electron chi connectivity index (χ1n) is 6.64. The van der Waals surface area contributed by atoms with Crippen LogP contribution in [-0.2, 0) is 0 Å². The molecule has 0 aliphatic carbocycles. The molecule has 2 rings (SSSR count). The van der Waals surface area contributed by atoms with Crippen LogP contribution in [0.4, 0.5) is 8.78 Å². The number of halogens is 2. The second-order valence-electron chi connectivity index (χ2n) is 4.73. The van der Waals surface area contributed by atoms with E-state index in [1.165, 1.54) is 38.1 Å². The predicted molar refractivity (Wildman–Crippen MR) is 79.8 cm³/mol. The minimum Gasteiger partial charge on any atom is -0.524 e. The van der Waals surface area contributed by atoms with Crippen LogP contribution in [0.1, 0.15) is 34.6 Å². The molecule has 117 valence electrons. The van der Waals surface area contributed by atoms with E-state index in [1.807, 2.05) is 0 Å². The minimum absolute atomic E-state index is 0.235. The number of hydrogen-bond acceptors (Lipinski definition) is 4. The van der Waals surface area contributed by atoms with Crippen LogP contribution in [0, 0.1) is 11.6 Å². The molecule has 4 nitrogen and oxygen atoms in total. The predicted octanol–water partition coefficient (Wildman–Crippen LogP) is 3.36. The second-order valence-corrected chi connectivity index (χ2v) is 4.73. The van der Waals surface area contributed by atoms with E-state index < -0.39 is 11.6 Å². The average Bonchev–Trinajstić information content (AvgIpc) is 2.50. The number of Topliss-reactive ketones (excluding diaryl/α,β-unsaturated/α-hetero) is 2. The fourth-order valence-electron chi connectivity index (χ4n) is 1.75.